The van der Waals surface area contributed by atoms with Crippen LogP contribution in [-0.4, -0.2) is 61.7 Å². The molecule has 8 heteroatoms. The number of benzene rings is 1. The molecule has 2 aromatic rings. The minimum Gasteiger partial charge on any atom is -0.488 e. The van der Waals surface area contributed by atoms with E-state index >= 15 is 0 Å². The highest BCUT2D eigenvalue weighted by atomic mass is 127. The smallest absolute Gasteiger partial charge is 0.191 e. The maximum absolute atomic E-state index is 6.08. The first-order valence-corrected chi connectivity index (χ1v) is 10.9. The van der Waals surface area contributed by atoms with E-state index in [0.29, 0.717) is 13.1 Å². The molecule has 0 amide bonds. The molecule has 1 aliphatic heterocycles. The molecule has 0 spiro atoms. The Labute approximate surface area is 209 Å². The predicted octanol–water partition coefficient (Wildman–Crippen LogP) is 3.49. The Morgan fingerprint density at radius 1 is 1.03 bits per heavy atom. The monoisotopic (exact) mass is 552 g/mol. The highest BCUT2D eigenvalue weighted by molar-refractivity contribution is 14.0. The molecule has 0 aliphatic carbocycles. The minimum atomic E-state index is -0.237. The Bertz CT molecular complexity index is 858. The van der Waals surface area contributed by atoms with Gasteiger partial charge in [-0.3, -0.25) is 4.99 Å². The van der Waals surface area contributed by atoms with Gasteiger partial charge in [-0.05, 0) is 45.5 Å². The molecule has 32 heavy (non-hydrogen) atoms. The van der Waals surface area contributed by atoms with Crippen LogP contribution >= 0.6 is 24.0 Å². The van der Waals surface area contributed by atoms with E-state index in [1.165, 1.54) is 0 Å². The first kappa shape index (κ1) is 26.2. The zero-order valence-corrected chi connectivity index (χ0v) is 22.2. The Balaban J connectivity index is 0.00000363. The van der Waals surface area contributed by atoms with E-state index in [-0.39, 0.29) is 29.6 Å². The first-order chi connectivity index (χ1) is 14.8. The van der Waals surface area contributed by atoms with E-state index in [2.05, 4.69) is 76.4 Å². The lowest BCUT2D eigenvalue weighted by Gasteiger charge is -2.33. The molecule has 0 saturated carbocycles. The van der Waals surface area contributed by atoms with Crippen molar-refractivity contribution in [3.05, 3.63) is 53.7 Å². The zero-order chi connectivity index (χ0) is 22.3. The number of guanidine groups is 1. The zero-order valence-electron chi connectivity index (χ0n) is 19.9. The van der Waals surface area contributed by atoms with Crippen molar-refractivity contribution in [1.82, 2.24) is 20.5 Å². The van der Waals surface area contributed by atoms with Crippen LogP contribution in [0.25, 0.3) is 0 Å². The number of piperazine rings is 1. The van der Waals surface area contributed by atoms with Gasteiger partial charge in [-0.25, -0.2) is 4.98 Å². The number of halogens is 1. The van der Waals surface area contributed by atoms with Crippen molar-refractivity contribution in [2.75, 3.05) is 45.2 Å². The highest BCUT2D eigenvalue weighted by Gasteiger charge is 2.16. The van der Waals surface area contributed by atoms with E-state index in [1.807, 2.05) is 24.4 Å². The van der Waals surface area contributed by atoms with E-state index < -0.39 is 0 Å². The number of nitrogens with one attached hydrogen (secondary N) is 2. The van der Waals surface area contributed by atoms with Gasteiger partial charge in [0.15, 0.2) is 5.96 Å². The van der Waals surface area contributed by atoms with Crippen LogP contribution in [0.15, 0.2) is 47.6 Å². The Morgan fingerprint density at radius 2 is 1.72 bits per heavy atom. The normalized spacial score (nSPS) is 15.2. The van der Waals surface area contributed by atoms with Crippen molar-refractivity contribution in [1.29, 1.82) is 0 Å². The molecule has 1 aromatic carbocycles. The van der Waals surface area contributed by atoms with Crippen LogP contribution < -0.4 is 20.3 Å². The maximum atomic E-state index is 6.08. The molecule has 176 valence electrons. The van der Waals surface area contributed by atoms with Crippen LogP contribution in [-0.2, 0) is 13.1 Å². The molecule has 1 saturated heterocycles. The van der Waals surface area contributed by atoms with Crippen molar-refractivity contribution >= 4 is 35.8 Å². The average molecular weight is 553 g/mol. The molecule has 2 N–H and O–H groups in total. The fraction of sp³-hybridized carbons (Fsp3) is 0.500. The number of ether oxygens (including phenoxy) is 1. The second kappa shape index (κ2) is 12.2. The van der Waals surface area contributed by atoms with Crippen LogP contribution in [0.5, 0.6) is 5.75 Å². The van der Waals surface area contributed by atoms with Gasteiger partial charge in [-0.15, -0.1) is 24.0 Å². The average Bonchev–Trinajstić information content (AvgIpc) is 2.75. The number of aromatic nitrogens is 1. The summed E-state index contributed by atoms with van der Waals surface area (Å²) in [7, 11) is 3.94. The number of likely N-dealkylation sites (N-methyl/N-ethyl adjacent to an activating group) is 1. The van der Waals surface area contributed by atoms with Crippen LogP contribution in [0.2, 0.25) is 0 Å². The number of hydrogen-bond donors (Lipinski definition) is 2. The van der Waals surface area contributed by atoms with E-state index in [9.17, 15) is 0 Å². The van der Waals surface area contributed by atoms with E-state index in [4.69, 9.17) is 4.74 Å². The molecular weight excluding hydrogens is 515 g/mol. The van der Waals surface area contributed by atoms with Gasteiger partial charge in [0.25, 0.3) is 0 Å². The summed E-state index contributed by atoms with van der Waals surface area (Å²) in [5.74, 6) is 2.69. The molecule has 1 aliphatic rings. The Morgan fingerprint density at radius 3 is 2.34 bits per heavy atom. The quantitative estimate of drug-likeness (QED) is 0.325. The van der Waals surface area contributed by atoms with Crippen LogP contribution in [0.1, 0.15) is 31.9 Å². The second-order valence-electron chi connectivity index (χ2n) is 8.92. The summed E-state index contributed by atoms with van der Waals surface area (Å²) in [6.07, 6.45) is 1.94. The van der Waals surface area contributed by atoms with Crippen molar-refractivity contribution < 1.29 is 4.74 Å². The summed E-state index contributed by atoms with van der Waals surface area (Å²) in [5, 5.41) is 6.74. The fourth-order valence-electron chi connectivity index (χ4n) is 3.41. The lowest BCUT2D eigenvalue weighted by molar-refractivity contribution is 0.129. The number of pyridine rings is 1. The van der Waals surface area contributed by atoms with Gasteiger partial charge in [0.2, 0.25) is 0 Å². The first-order valence-electron chi connectivity index (χ1n) is 10.9. The summed E-state index contributed by atoms with van der Waals surface area (Å²) >= 11 is 0. The number of hydrogen-bond acceptors (Lipinski definition) is 5. The molecule has 0 atom stereocenters. The highest BCUT2D eigenvalue weighted by Crippen LogP contribution is 2.22. The number of aliphatic imine (C=N–C) groups is 1. The Hall–Kier alpha value is -2.07. The van der Waals surface area contributed by atoms with E-state index in [1.54, 1.807) is 7.05 Å². The third-order valence-corrected chi connectivity index (χ3v) is 5.15. The van der Waals surface area contributed by atoms with Gasteiger partial charge in [-0.1, -0.05) is 24.3 Å². The van der Waals surface area contributed by atoms with Gasteiger partial charge in [-0.2, -0.15) is 0 Å². The topological polar surface area (TPSA) is 65.0 Å². The molecule has 0 radical (unpaired) electrons. The van der Waals surface area contributed by atoms with Gasteiger partial charge in [0, 0.05) is 58.1 Å². The van der Waals surface area contributed by atoms with Crippen LogP contribution in [0.3, 0.4) is 0 Å². The molecule has 7 nitrogen and oxygen atoms in total. The molecular formula is C24H37IN6O. The SMILES string of the molecule is CN=C(NCc1ccc(N2CCN(C)CC2)nc1)NCc1ccccc1OC(C)(C)C.I. The standard InChI is InChI=1S/C24H36N6O.HI/c1-24(2,3)31-21-9-7-6-8-20(21)18-28-23(25-4)27-17-19-10-11-22(26-16-19)30-14-12-29(5)13-15-30;/h6-11,16H,12-15,17-18H2,1-5H3,(H2,25,27,28);1H. The minimum absolute atomic E-state index is 0. The largest absolute Gasteiger partial charge is 0.488 e. The Kier molecular flexibility index (Phi) is 10.0. The predicted molar refractivity (Wildman–Crippen MR) is 143 cm³/mol. The molecule has 2 heterocycles. The summed E-state index contributed by atoms with van der Waals surface area (Å²) in [4.78, 5) is 13.7. The van der Waals surface area contributed by atoms with Crippen molar-refractivity contribution in [3.8, 4) is 5.75 Å². The lowest BCUT2D eigenvalue weighted by Crippen LogP contribution is -2.44. The summed E-state index contributed by atoms with van der Waals surface area (Å²) < 4.78 is 6.08. The molecule has 1 fully saturated rings. The third-order valence-electron chi connectivity index (χ3n) is 5.15. The number of rotatable bonds is 6. The van der Waals surface area contributed by atoms with Crippen molar-refractivity contribution in [2.45, 2.75) is 39.5 Å². The summed E-state index contributed by atoms with van der Waals surface area (Å²) in [5.41, 5.74) is 1.98. The number of anilines is 1. The molecule has 0 bridgehead atoms. The van der Waals surface area contributed by atoms with Crippen molar-refractivity contribution in [3.63, 3.8) is 0 Å². The summed E-state index contributed by atoms with van der Waals surface area (Å²) in [6.45, 7) is 11.7. The maximum Gasteiger partial charge on any atom is 0.191 e. The van der Waals surface area contributed by atoms with Crippen LogP contribution in [0.4, 0.5) is 5.82 Å². The molecule has 3 rings (SSSR count). The van der Waals surface area contributed by atoms with Crippen LogP contribution in [0, 0.1) is 0 Å². The summed E-state index contributed by atoms with van der Waals surface area (Å²) in [6, 6.07) is 12.3. The lowest BCUT2D eigenvalue weighted by atomic mass is 10.1. The second-order valence-corrected chi connectivity index (χ2v) is 8.92. The van der Waals surface area contributed by atoms with Gasteiger partial charge >= 0.3 is 0 Å². The van der Waals surface area contributed by atoms with Gasteiger partial charge in [0.1, 0.15) is 17.2 Å². The van der Waals surface area contributed by atoms with Crippen molar-refractivity contribution in [2.24, 2.45) is 4.99 Å². The molecule has 1 aromatic heterocycles. The third kappa shape index (κ3) is 8.12. The van der Waals surface area contributed by atoms with E-state index in [0.717, 1.165) is 54.8 Å². The number of para-hydroxylation sites is 1. The molecule has 0 unspecified atom stereocenters. The van der Waals surface area contributed by atoms with Gasteiger partial charge < -0.3 is 25.2 Å². The fourth-order valence-corrected chi connectivity index (χ4v) is 3.41. The number of nitrogens with zero attached hydrogens (tertiary/aromatic N) is 4. The van der Waals surface area contributed by atoms with Gasteiger partial charge in [0.05, 0.1) is 0 Å².